The number of anilines is 1. The van der Waals surface area contributed by atoms with Crippen LogP contribution in [0.25, 0.3) is 32.8 Å². The third-order valence-corrected chi connectivity index (χ3v) is 7.59. The largest absolute Gasteiger partial charge is 0.508 e. The standard InChI is InChI=1S/C27H26ClFN4O2S.C2H6/c1-31(2)9-5-8-23(35)32-10-12-33(13-11-32)27-21-16-22(28)24(25(29)26(21)30-36-27)20-15-18(34)14-17-6-3-4-7-19(17)20;1-2/h3-8,14-16,34H,9-13H2,1-2H3;1-2H3/b8-5+;. The zero-order chi connectivity index (χ0) is 27.4. The van der Waals surface area contributed by atoms with Gasteiger partial charge >= 0.3 is 0 Å². The van der Waals surface area contributed by atoms with E-state index in [1.54, 1.807) is 18.2 Å². The van der Waals surface area contributed by atoms with Crippen LogP contribution in [0.2, 0.25) is 5.02 Å². The fourth-order valence-electron chi connectivity index (χ4n) is 4.58. The number of phenolic OH excluding ortho intramolecular Hbond substituents is 1. The van der Waals surface area contributed by atoms with E-state index in [-0.39, 0.29) is 27.8 Å². The van der Waals surface area contributed by atoms with E-state index in [0.29, 0.717) is 43.7 Å². The topological polar surface area (TPSA) is 59.9 Å². The molecule has 1 N–H and O–H groups in total. The second kappa shape index (κ2) is 12.1. The lowest BCUT2D eigenvalue weighted by Gasteiger charge is -2.34. The van der Waals surface area contributed by atoms with Crippen LogP contribution in [0.3, 0.4) is 0 Å². The van der Waals surface area contributed by atoms with Crippen LogP contribution in [0.15, 0.2) is 54.6 Å². The van der Waals surface area contributed by atoms with Gasteiger partial charge in [0.25, 0.3) is 0 Å². The Kier molecular flexibility index (Phi) is 8.87. The van der Waals surface area contributed by atoms with Crippen LogP contribution in [-0.4, -0.2) is 72.0 Å². The Morgan fingerprint density at radius 2 is 1.84 bits per heavy atom. The molecule has 6 nitrogen and oxygen atoms in total. The Hall–Kier alpha value is -3.20. The normalized spacial score (nSPS) is 14.0. The van der Waals surface area contributed by atoms with Gasteiger partial charge in [0.1, 0.15) is 16.3 Å². The van der Waals surface area contributed by atoms with Gasteiger partial charge in [-0.05, 0) is 60.2 Å². The van der Waals surface area contributed by atoms with E-state index in [1.165, 1.54) is 17.6 Å². The highest BCUT2D eigenvalue weighted by Crippen LogP contribution is 2.43. The number of carbonyl (C=O) groups excluding carboxylic acids is 1. The van der Waals surface area contributed by atoms with Gasteiger partial charge in [-0.3, -0.25) is 4.79 Å². The number of halogens is 2. The zero-order valence-electron chi connectivity index (χ0n) is 22.0. The Morgan fingerprint density at radius 3 is 2.55 bits per heavy atom. The maximum atomic E-state index is 15.9. The molecule has 9 heteroatoms. The predicted octanol–water partition coefficient (Wildman–Crippen LogP) is 6.41. The van der Waals surface area contributed by atoms with Gasteiger partial charge in [0.05, 0.1) is 5.02 Å². The molecular formula is C29H32ClFN4O2S. The molecule has 0 bridgehead atoms. The van der Waals surface area contributed by atoms with E-state index in [0.717, 1.165) is 15.8 Å². The number of hydrogen-bond donors (Lipinski definition) is 1. The summed E-state index contributed by atoms with van der Waals surface area (Å²) in [5.74, 6) is -0.458. The number of aromatic nitrogens is 1. The zero-order valence-corrected chi connectivity index (χ0v) is 23.6. The number of rotatable bonds is 5. The highest BCUT2D eigenvalue weighted by molar-refractivity contribution is 7.11. The van der Waals surface area contributed by atoms with Gasteiger partial charge in [-0.2, -0.15) is 4.37 Å². The number of benzene rings is 3. The summed E-state index contributed by atoms with van der Waals surface area (Å²) in [6.07, 6.45) is 3.49. The highest BCUT2D eigenvalue weighted by atomic mass is 35.5. The van der Waals surface area contributed by atoms with Crippen molar-refractivity contribution >= 4 is 55.7 Å². The molecule has 0 saturated carbocycles. The SMILES string of the molecule is CC.CN(C)C/C=C/C(=O)N1CCN(c2snc3c(F)c(-c4cc(O)cc5ccccc45)c(Cl)cc23)CC1. The van der Waals surface area contributed by atoms with Crippen molar-refractivity contribution in [2.45, 2.75) is 13.8 Å². The summed E-state index contributed by atoms with van der Waals surface area (Å²) in [5, 5.41) is 13.6. The lowest BCUT2D eigenvalue weighted by atomic mass is 9.96. The summed E-state index contributed by atoms with van der Waals surface area (Å²) in [5.41, 5.74) is 1.01. The number of phenols is 1. The fourth-order valence-corrected chi connectivity index (χ4v) is 5.78. The minimum Gasteiger partial charge on any atom is -0.508 e. The lowest BCUT2D eigenvalue weighted by molar-refractivity contribution is -0.126. The fraction of sp³-hybridized carbons (Fsp3) is 0.310. The molecule has 1 fully saturated rings. The molecule has 1 aliphatic heterocycles. The van der Waals surface area contributed by atoms with Crippen molar-refractivity contribution in [3.63, 3.8) is 0 Å². The van der Waals surface area contributed by atoms with Gasteiger partial charge < -0.3 is 19.8 Å². The number of aromatic hydroxyl groups is 1. The van der Waals surface area contributed by atoms with Gasteiger partial charge in [0.15, 0.2) is 5.82 Å². The maximum Gasteiger partial charge on any atom is 0.246 e. The molecule has 0 atom stereocenters. The van der Waals surface area contributed by atoms with E-state index in [4.69, 9.17) is 11.6 Å². The Labute approximate surface area is 231 Å². The first-order chi connectivity index (χ1) is 18.3. The minimum atomic E-state index is -0.504. The van der Waals surface area contributed by atoms with Crippen molar-refractivity contribution < 1.29 is 14.3 Å². The van der Waals surface area contributed by atoms with Gasteiger partial charge in [0.2, 0.25) is 5.91 Å². The Bertz CT molecular complexity index is 1480. The van der Waals surface area contributed by atoms with Crippen molar-refractivity contribution in [1.29, 1.82) is 0 Å². The summed E-state index contributed by atoms with van der Waals surface area (Å²) in [4.78, 5) is 18.4. The summed E-state index contributed by atoms with van der Waals surface area (Å²) in [7, 11) is 3.91. The van der Waals surface area contributed by atoms with Crippen LogP contribution < -0.4 is 4.90 Å². The number of carbonyl (C=O) groups is 1. The molecule has 0 spiro atoms. The van der Waals surface area contributed by atoms with Gasteiger partial charge in [-0.15, -0.1) is 0 Å². The molecule has 1 saturated heterocycles. The van der Waals surface area contributed by atoms with E-state index < -0.39 is 5.82 Å². The second-order valence-electron chi connectivity index (χ2n) is 9.12. The molecule has 1 aliphatic rings. The molecular weight excluding hydrogens is 523 g/mol. The third kappa shape index (κ3) is 5.62. The molecule has 38 heavy (non-hydrogen) atoms. The molecule has 0 radical (unpaired) electrons. The van der Waals surface area contributed by atoms with E-state index in [2.05, 4.69) is 9.27 Å². The summed E-state index contributed by atoms with van der Waals surface area (Å²) < 4.78 is 20.3. The second-order valence-corrected chi connectivity index (χ2v) is 10.3. The van der Waals surface area contributed by atoms with Crippen LogP contribution in [0, 0.1) is 5.82 Å². The van der Waals surface area contributed by atoms with Crippen molar-refractivity contribution in [2.24, 2.45) is 0 Å². The first-order valence-corrected chi connectivity index (χ1v) is 13.8. The number of amides is 1. The van der Waals surface area contributed by atoms with Crippen LogP contribution in [0.5, 0.6) is 5.75 Å². The van der Waals surface area contributed by atoms with Crippen LogP contribution >= 0.6 is 23.1 Å². The Morgan fingerprint density at radius 1 is 1.13 bits per heavy atom. The average Bonchev–Trinajstić information content (AvgIpc) is 3.33. The molecule has 1 aromatic heterocycles. The first-order valence-electron chi connectivity index (χ1n) is 12.7. The molecule has 2 heterocycles. The molecule has 5 rings (SSSR count). The average molecular weight is 555 g/mol. The number of nitrogens with zero attached hydrogens (tertiary/aromatic N) is 4. The minimum absolute atomic E-state index is 0.00253. The predicted molar refractivity (Wildman–Crippen MR) is 157 cm³/mol. The molecule has 0 unspecified atom stereocenters. The Balaban J connectivity index is 0.00000164. The molecule has 1 amide bonds. The molecule has 4 aromatic rings. The number of fused-ring (bicyclic) bond motifs is 2. The lowest BCUT2D eigenvalue weighted by Crippen LogP contribution is -2.48. The summed E-state index contributed by atoms with van der Waals surface area (Å²) in [6, 6.07) is 12.4. The van der Waals surface area contributed by atoms with E-state index >= 15 is 4.39 Å². The smallest absolute Gasteiger partial charge is 0.246 e. The molecule has 0 aliphatic carbocycles. The van der Waals surface area contributed by atoms with Gasteiger partial charge in [0, 0.05) is 49.7 Å². The summed E-state index contributed by atoms with van der Waals surface area (Å²) in [6.45, 7) is 7.12. The summed E-state index contributed by atoms with van der Waals surface area (Å²) >= 11 is 7.91. The third-order valence-electron chi connectivity index (χ3n) is 6.37. The number of hydrogen-bond acceptors (Lipinski definition) is 6. The van der Waals surface area contributed by atoms with Crippen LogP contribution in [0.1, 0.15) is 13.8 Å². The van der Waals surface area contributed by atoms with Crippen molar-refractivity contribution in [2.75, 3.05) is 51.7 Å². The quantitative estimate of drug-likeness (QED) is 0.289. The first kappa shape index (κ1) is 27.8. The number of likely N-dealkylation sites (N-methyl/N-ethyl adjacent to an activating group) is 1. The maximum absolute atomic E-state index is 15.9. The van der Waals surface area contributed by atoms with E-state index in [1.807, 2.05) is 68.1 Å². The van der Waals surface area contributed by atoms with Crippen molar-refractivity contribution in [3.8, 4) is 16.9 Å². The monoisotopic (exact) mass is 554 g/mol. The van der Waals surface area contributed by atoms with Crippen LogP contribution in [-0.2, 0) is 4.79 Å². The van der Waals surface area contributed by atoms with Gasteiger partial charge in [-0.25, -0.2) is 4.39 Å². The van der Waals surface area contributed by atoms with Gasteiger partial charge in [-0.1, -0.05) is 55.8 Å². The molecule has 200 valence electrons. The molecule has 3 aromatic carbocycles. The van der Waals surface area contributed by atoms with Crippen molar-refractivity contribution in [1.82, 2.24) is 14.2 Å². The number of piperazine rings is 1. The van der Waals surface area contributed by atoms with E-state index in [9.17, 15) is 9.90 Å². The highest BCUT2D eigenvalue weighted by Gasteiger charge is 2.26. The van der Waals surface area contributed by atoms with Crippen molar-refractivity contribution in [3.05, 3.63) is 65.5 Å². The van der Waals surface area contributed by atoms with Crippen LogP contribution in [0.4, 0.5) is 9.39 Å².